The van der Waals surface area contributed by atoms with Crippen molar-refractivity contribution in [1.82, 2.24) is 10.2 Å². The van der Waals surface area contributed by atoms with E-state index in [9.17, 15) is 9.59 Å². The number of carbonyl (C=O) groups excluding carboxylic acids is 2. The van der Waals surface area contributed by atoms with Gasteiger partial charge in [-0.3, -0.25) is 9.59 Å². The van der Waals surface area contributed by atoms with Crippen molar-refractivity contribution in [2.24, 2.45) is 0 Å². The molecule has 5 heteroatoms. The van der Waals surface area contributed by atoms with E-state index in [-0.39, 0.29) is 23.7 Å². The van der Waals surface area contributed by atoms with Crippen LogP contribution in [0.1, 0.15) is 62.6 Å². The minimum absolute atomic E-state index is 0.0923. The number of carbonyl (C=O) groups is 2. The van der Waals surface area contributed by atoms with E-state index in [0.29, 0.717) is 6.54 Å². The molecule has 1 saturated carbocycles. The minimum Gasteiger partial charge on any atom is -0.351 e. The van der Waals surface area contributed by atoms with Crippen LogP contribution in [0.25, 0.3) is 0 Å². The summed E-state index contributed by atoms with van der Waals surface area (Å²) in [5, 5.41) is 3.15. The van der Waals surface area contributed by atoms with E-state index in [1.54, 1.807) is 4.90 Å². The fourth-order valence-corrected chi connectivity index (χ4v) is 3.53. The zero-order valence-electron chi connectivity index (χ0n) is 15.3. The van der Waals surface area contributed by atoms with Crippen molar-refractivity contribution >= 4 is 23.4 Å². The number of alkyl halides is 1. The monoisotopic (exact) mass is 364 g/mol. The highest BCUT2D eigenvalue weighted by atomic mass is 35.5. The maximum absolute atomic E-state index is 13.1. The maximum atomic E-state index is 13.1. The summed E-state index contributed by atoms with van der Waals surface area (Å²) < 4.78 is 0. The van der Waals surface area contributed by atoms with Gasteiger partial charge in [-0.05, 0) is 31.7 Å². The standard InChI is InChI=1S/C20H29ClN2O2/c1-3-4-13-23(18(24)14-21)19(16-11-9-15(2)10-12-16)20(25)22-17-7-5-6-8-17/h9-12,17,19H,3-8,13-14H2,1-2H3,(H,22,25). The van der Waals surface area contributed by atoms with Gasteiger partial charge >= 0.3 is 0 Å². The third kappa shape index (κ3) is 5.46. The average molecular weight is 365 g/mol. The van der Waals surface area contributed by atoms with Crippen molar-refractivity contribution in [3.63, 3.8) is 0 Å². The smallest absolute Gasteiger partial charge is 0.247 e. The van der Waals surface area contributed by atoms with Gasteiger partial charge in [0.25, 0.3) is 0 Å². The summed E-state index contributed by atoms with van der Waals surface area (Å²) in [6.07, 6.45) is 6.15. The van der Waals surface area contributed by atoms with Gasteiger partial charge < -0.3 is 10.2 Å². The lowest BCUT2D eigenvalue weighted by Gasteiger charge is -2.32. The molecule has 0 aromatic heterocycles. The van der Waals surface area contributed by atoms with Crippen LogP contribution in [0, 0.1) is 6.92 Å². The van der Waals surface area contributed by atoms with Crippen LogP contribution in [0.2, 0.25) is 0 Å². The Morgan fingerprint density at radius 1 is 1.24 bits per heavy atom. The molecule has 1 aromatic carbocycles. The Bertz CT molecular complexity index is 568. The second-order valence-electron chi connectivity index (χ2n) is 6.88. The zero-order chi connectivity index (χ0) is 18.2. The minimum atomic E-state index is -0.612. The van der Waals surface area contributed by atoms with Crippen molar-refractivity contribution < 1.29 is 9.59 Å². The summed E-state index contributed by atoms with van der Waals surface area (Å²) in [5.74, 6) is -0.393. The highest BCUT2D eigenvalue weighted by Crippen LogP contribution is 2.25. The number of nitrogens with one attached hydrogen (secondary N) is 1. The number of halogens is 1. The molecule has 0 aliphatic heterocycles. The van der Waals surface area contributed by atoms with Gasteiger partial charge in [0.2, 0.25) is 11.8 Å². The first-order valence-corrected chi connectivity index (χ1v) is 9.82. The van der Waals surface area contributed by atoms with Gasteiger partial charge in [0.05, 0.1) is 0 Å². The normalized spacial score (nSPS) is 15.8. The predicted octanol–water partition coefficient (Wildman–Crippen LogP) is 3.96. The first-order chi connectivity index (χ1) is 12.1. The number of rotatable bonds is 8. The van der Waals surface area contributed by atoms with E-state index in [1.165, 1.54) is 0 Å². The SMILES string of the molecule is CCCCN(C(=O)CCl)C(C(=O)NC1CCCC1)c1ccc(C)cc1. The second-order valence-corrected chi connectivity index (χ2v) is 7.14. The Hall–Kier alpha value is -1.55. The molecule has 0 saturated heterocycles. The first-order valence-electron chi connectivity index (χ1n) is 9.29. The van der Waals surface area contributed by atoms with Gasteiger partial charge in [0.15, 0.2) is 0 Å². The van der Waals surface area contributed by atoms with Crippen LogP contribution in [0.4, 0.5) is 0 Å². The Balaban J connectivity index is 2.29. The third-order valence-electron chi connectivity index (χ3n) is 4.84. The summed E-state index contributed by atoms with van der Waals surface area (Å²) in [6, 6.07) is 7.45. The largest absolute Gasteiger partial charge is 0.351 e. The summed E-state index contributed by atoms with van der Waals surface area (Å²) in [5.41, 5.74) is 1.97. The fraction of sp³-hybridized carbons (Fsp3) is 0.600. The maximum Gasteiger partial charge on any atom is 0.247 e. The molecule has 1 atom stereocenters. The van der Waals surface area contributed by atoms with Gasteiger partial charge in [-0.1, -0.05) is 56.0 Å². The Kier molecular flexibility index (Phi) is 7.76. The number of amides is 2. The van der Waals surface area contributed by atoms with Crippen LogP contribution >= 0.6 is 11.6 Å². The van der Waals surface area contributed by atoms with Crippen molar-refractivity contribution in [3.05, 3.63) is 35.4 Å². The highest BCUT2D eigenvalue weighted by Gasteiger charge is 2.32. The van der Waals surface area contributed by atoms with Crippen LogP contribution in [0.5, 0.6) is 0 Å². The van der Waals surface area contributed by atoms with E-state index in [1.807, 2.05) is 31.2 Å². The molecular weight excluding hydrogens is 336 g/mol. The topological polar surface area (TPSA) is 49.4 Å². The molecule has 0 bridgehead atoms. The van der Waals surface area contributed by atoms with E-state index >= 15 is 0 Å². The van der Waals surface area contributed by atoms with Gasteiger partial charge in [0, 0.05) is 12.6 Å². The van der Waals surface area contributed by atoms with Crippen LogP contribution in [-0.2, 0) is 9.59 Å². The quantitative estimate of drug-likeness (QED) is 0.710. The summed E-state index contributed by atoms with van der Waals surface area (Å²) >= 11 is 5.83. The number of nitrogens with zero attached hydrogens (tertiary/aromatic N) is 1. The number of aryl methyl sites for hydroxylation is 1. The van der Waals surface area contributed by atoms with Gasteiger partial charge in [0.1, 0.15) is 11.9 Å². The second kappa shape index (κ2) is 9.81. The summed E-state index contributed by atoms with van der Waals surface area (Å²) in [6.45, 7) is 4.62. The van der Waals surface area contributed by atoms with Crippen LogP contribution in [-0.4, -0.2) is 35.2 Å². The van der Waals surface area contributed by atoms with Crippen molar-refractivity contribution in [2.75, 3.05) is 12.4 Å². The van der Waals surface area contributed by atoms with E-state index in [4.69, 9.17) is 11.6 Å². The third-order valence-corrected chi connectivity index (χ3v) is 5.07. The Morgan fingerprint density at radius 3 is 2.44 bits per heavy atom. The lowest BCUT2D eigenvalue weighted by Crippen LogP contribution is -2.46. The van der Waals surface area contributed by atoms with Gasteiger partial charge in [-0.2, -0.15) is 0 Å². The van der Waals surface area contributed by atoms with E-state index in [0.717, 1.165) is 49.7 Å². The van der Waals surface area contributed by atoms with Crippen LogP contribution in [0.3, 0.4) is 0 Å². The molecule has 0 heterocycles. The molecule has 0 spiro atoms. The molecule has 1 aliphatic carbocycles. The molecule has 1 aliphatic rings. The molecule has 25 heavy (non-hydrogen) atoms. The van der Waals surface area contributed by atoms with Crippen LogP contribution < -0.4 is 5.32 Å². The number of hydrogen-bond donors (Lipinski definition) is 1. The number of benzene rings is 1. The number of unbranched alkanes of at least 4 members (excludes halogenated alkanes) is 1. The molecule has 1 fully saturated rings. The molecule has 1 unspecified atom stereocenters. The molecule has 1 aromatic rings. The molecule has 138 valence electrons. The molecule has 0 radical (unpaired) electrons. The average Bonchev–Trinajstić information content (AvgIpc) is 3.12. The molecule has 4 nitrogen and oxygen atoms in total. The molecule has 2 rings (SSSR count). The van der Waals surface area contributed by atoms with Gasteiger partial charge in [-0.15, -0.1) is 11.6 Å². The van der Waals surface area contributed by atoms with Gasteiger partial charge in [-0.25, -0.2) is 0 Å². The highest BCUT2D eigenvalue weighted by molar-refractivity contribution is 6.27. The van der Waals surface area contributed by atoms with E-state index < -0.39 is 6.04 Å². The molecule has 2 amide bonds. The number of hydrogen-bond acceptors (Lipinski definition) is 2. The van der Waals surface area contributed by atoms with Crippen molar-refractivity contribution in [1.29, 1.82) is 0 Å². The summed E-state index contributed by atoms with van der Waals surface area (Å²) in [4.78, 5) is 27.2. The summed E-state index contributed by atoms with van der Waals surface area (Å²) in [7, 11) is 0. The van der Waals surface area contributed by atoms with Crippen molar-refractivity contribution in [2.45, 2.75) is 64.5 Å². The predicted molar refractivity (Wildman–Crippen MR) is 102 cm³/mol. The fourth-order valence-electron chi connectivity index (χ4n) is 3.37. The van der Waals surface area contributed by atoms with Crippen LogP contribution in [0.15, 0.2) is 24.3 Å². The van der Waals surface area contributed by atoms with Crippen molar-refractivity contribution in [3.8, 4) is 0 Å². The lowest BCUT2D eigenvalue weighted by atomic mass is 10.0. The van der Waals surface area contributed by atoms with E-state index in [2.05, 4.69) is 12.2 Å². The first kappa shape index (κ1) is 19.8. The molecule has 1 N–H and O–H groups in total. The zero-order valence-corrected chi connectivity index (χ0v) is 16.0. The Labute approximate surface area is 155 Å². The lowest BCUT2D eigenvalue weighted by molar-refractivity contribution is -0.139. The Morgan fingerprint density at radius 2 is 1.88 bits per heavy atom. The molecular formula is C20H29ClN2O2.